The summed E-state index contributed by atoms with van der Waals surface area (Å²) in [5.74, 6) is 0.459. The lowest BCUT2D eigenvalue weighted by molar-refractivity contribution is -0.0455. The first-order valence-corrected chi connectivity index (χ1v) is 9.05. The van der Waals surface area contributed by atoms with Crippen LogP contribution in [-0.2, 0) is 4.74 Å². The van der Waals surface area contributed by atoms with Crippen LogP contribution in [0.3, 0.4) is 0 Å². The molecule has 1 aromatic carbocycles. The van der Waals surface area contributed by atoms with Gasteiger partial charge in [0.05, 0.1) is 31.8 Å². The number of aliphatic hydroxyl groups excluding tert-OH is 2. The highest BCUT2D eigenvalue weighted by atomic mass is 18.2. The minimum absolute atomic E-state index is 0.0771. The lowest BCUT2D eigenvalue weighted by Gasteiger charge is -2.25. The average molecular weight is 389 g/mol. The smallest absolute Gasteiger partial charge is 0.213 e. The number of aromatic nitrogens is 1. The molecule has 0 spiro atoms. The van der Waals surface area contributed by atoms with Crippen LogP contribution in [0.15, 0.2) is 42.6 Å². The number of rotatable bonds is 12. The maximum absolute atomic E-state index is 12.9. The second kappa shape index (κ2) is 11.4. The SMILES string of the molecule is CNc1ccc(/C=C/c2ccc(OCCOCC(CO)(CO)C[18F])nc2)cc1. The van der Waals surface area contributed by atoms with E-state index in [1.54, 1.807) is 12.3 Å². The lowest BCUT2D eigenvalue weighted by Crippen LogP contribution is -2.37. The monoisotopic (exact) mass is 389 g/mol. The van der Waals surface area contributed by atoms with Crippen molar-refractivity contribution in [2.24, 2.45) is 5.41 Å². The summed E-state index contributed by atoms with van der Waals surface area (Å²) in [4.78, 5) is 4.23. The van der Waals surface area contributed by atoms with Gasteiger partial charge in [0.2, 0.25) is 5.88 Å². The van der Waals surface area contributed by atoms with Crippen LogP contribution in [0.1, 0.15) is 11.1 Å². The molecule has 0 fully saturated rings. The zero-order valence-electron chi connectivity index (χ0n) is 16.0. The highest BCUT2D eigenvalue weighted by Gasteiger charge is 2.29. The third-order valence-electron chi connectivity index (χ3n) is 4.27. The van der Waals surface area contributed by atoms with Gasteiger partial charge >= 0.3 is 0 Å². The summed E-state index contributed by atoms with van der Waals surface area (Å²) < 4.78 is 23.7. The van der Waals surface area contributed by atoms with Gasteiger partial charge in [-0.15, -0.1) is 0 Å². The lowest BCUT2D eigenvalue weighted by atomic mass is 9.93. The van der Waals surface area contributed by atoms with Crippen molar-refractivity contribution in [1.29, 1.82) is 0 Å². The van der Waals surface area contributed by atoms with Gasteiger partial charge in [-0.2, -0.15) is 0 Å². The number of nitrogens with one attached hydrogen (secondary N) is 1. The Bertz CT molecular complexity index is 708. The molecular formula is C21H27FN2O4. The van der Waals surface area contributed by atoms with Crippen molar-refractivity contribution in [3.8, 4) is 5.88 Å². The van der Waals surface area contributed by atoms with Gasteiger partial charge in [-0.1, -0.05) is 24.3 Å². The molecule has 7 heteroatoms. The minimum Gasteiger partial charge on any atom is -0.475 e. The van der Waals surface area contributed by atoms with Crippen LogP contribution in [0.25, 0.3) is 12.2 Å². The summed E-state index contributed by atoms with van der Waals surface area (Å²) in [6.07, 6.45) is 5.68. The Labute approximate surface area is 164 Å². The van der Waals surface area contributed by atoms with E-state index in [2.05, 4.69) is 10.3 Å². The van der Waals surface area contributed by atoms with E-state index in [1.165, 1.54) is 0 Å². The molecular weight excluding hydrogens is 362 g/mol. The van der Waals surface area contributed by atoms with Gasteiger partial charge < -0.3 is 25.0 Å². The topological polar surface area (TPSA) is 83.8 Å². The molecule has 0 amide bonds. The number of alkyl halides is 1. The van der Waals surface area contributed by atoms with Gasteiger partial charge in [0, 0.05) is 25.0 Å². The molecule has 0 aliphatic heterocycles. The Morgan fingerprint density at radius 1 is 1.04 bits per heavy atom. The standard InChI is InChI=1S/C21H27FN2O4/c1-23-19-7-4-17(5-8-19)2-3-18-6-9-20(24-12-18)28-11-10-27-16-21(13-22,14-25)15-26/h2-9,12,23,25-26H,10-11,13-16H2,1H3/b3-2+/i22-1. The molecule has 0 aliphatic rings. The van der Waals surface area contributed by atoms with Crippen LogP contribution in [0.5, 0.6) is 5.88 Å². The summed E-state index contributed by atoms with van der Waals surface area (Å²) in [5, 5.41) is 21.4. The largest absolute Gasteiger partial charge is 0.475 e. The van der Waals surface area contributed by atoms with Crippen molar-refractivity contribution in [2.75, 3.05) is 52.1 Å². The first-order chi connectivity index (χ1) is 13.6. The molecule has 0 bridgehead atoms. The molecule has 0 saturated heterocycles. The quantitative estimate of drug-likeness (QED) is 0.484. The Morgan fingerprint density at radius 2 is 1.71 bits per heavy atom. The molecule has 0 saturated carbocycles. The molecule has 0 aliphatic carbocycles. The van der Waals surface area contributed by atoms with Gasteiger partial charge in [0.15, 0.2) is 0 Å². The van der Waals surface area contributed by atoms with Crippen molar-refractivity contribution < 1.29 is 24.1 Å². The number of nitrogens with zero attached hydrogens (tertiary/aromatic N) is 1. The van der Waals surface area contributed by atoms with E-state index in [4.69, 9.17) is 19.7 Å². The summed E-state index contributed by atoms with van der Waals surface area (Å²) >= 11 is 0. The molecule has 2 rings (SSSR count). The van der Waals surface area contributed by atoms with Gasteiger partial charge in [0.1, 0.15) is 13.3 Å². The van der Waals surface area contributed by atoms with E-state index < -0.39 is 25.3 Å². The van der Waals surface area contributed by atoms with Crippen molar-refractivity contribution in [3.05, 3.63) is 53.7 Å². The normalized spacial score (nSPS) is 11.7. The minimum atomic E-state index is -1.25. The van der Waals surface area contributed by atoms with Crippen molar-refractivity contribution >= 4 is 17.8 Å². The average Bonchev–Trinajstić information content (AvgIpc) is 2.76. The maximum atomic E-state index is 12.9. The highest BCUT2D eigenvalue weighted by molar-refractivity contribution is 5.70. The fourth-order valence-electron chi connectivity index (χ4n) is 2.29. The van der Waals surface area contributed by atoms with Crippen molar-refractivity contribution in [1.82, 2.24) is 4.98 Å². The number of hydrogen-bond acceptors (Lipinski definition) is 6. The van der Waals surface area contributed by atoms with Crippen LogP contribution in [-0.4, -0.2) is 62.0 Å². The zero-order valence-corrected chi connectivity index (χ0v) is 16.0. The molecule has 2 aromatic rings. The molecule has 28 heavy (non-hydrogen) atoms. The summed E-state index contributed by atoms with van der Waals surface area (Å²) in [6.45, 7) is -1.44. The van der Waals surface area contributed by atoms with E-state index in [0.29, 0.717) is 5.88 Å². The van der Waals surface area contributed by atoms with E-state index in [0.717, 1.165) is 16.8 Å². The number of anilines is 1. The van der Waals surface area contributed by atoms with E-state index in [9.17, 15) is 4.39 Å². The fourth-order valence-corrected chi connectivity index (χ4v) is 2.29. The molecule has 1 aromatic heterocycles. The van der Waals surface area contributed by atoms with E-state index in [1.807, 2.05) is 49.5 Å². The summed E-state index contributed by atoms with van der Waals surface area (Å²) in [7, 11) is 1.88. The number of ether oxygens (including phenoxy) is 2. The zero-order chi connectivity index (χ0) is 20.2. The first-order valence-electron chi connectivity index (χ1n) is 9.05. The molecule has 0 unspecified atom stereocenters. The molecule has 0 atom stereocenters. The molecule has 3 N–H and O–H groups in total. The molecule has 6 nitrogen and oxygen atoms in total. The van der Waals surface area contributed by atoms with Crippen LogP contribution in [0.4, 0.5) is 10.1 Å². The van der Waals surface area contributed by atoms with Crippen LogP contribution >= 0.6 is 0 Å². The Hall–Kier alpha value is -2.48. The van der Waals surface area contributed by atoms with Crippen LogP contribution < -0.4 is 10.1 Å². The third kappa shape index (κ3) is 6.60. The van der Waals surface area contributed by atoms with Gasteiger partial charge in [0.25, 0.3) is 0 Å². The van der Waals surface area contributed by atoms with Crippen LogP contribution in [0, 0.1) is 5.41 Å². The number of hydrogen-bond donors (Lipinski definition) is 3. The third-order valence-corrected chi connectivity index (χ3v) is 4.27. The highest BCUT2D eigenvalue weighted by Crippen LogP contribution is 2.17. The Kier molecular flexibility index (Phi) is 8.87. The number of benzene rings is 1. The number of aliphatic hydroxyl groups is 2. The molecule has 152 valence electrons. The van der Waals surface area contributed by atoms with Crippen LogP contribution in [0.2, 0.25) is 0 Å². The predicted molar refractivity (Wildman–Crippen MR) is 108 cm³/mol. The summed E-state index contributed by atoms with van der Waals surface area (Å²) in [5.41, 5.74) is 1.85. The van der Waals surface area contributed by atoms with E-state index in [-0.39, 0.29) is 19.8 Å². The number of pyridine rings is 1. The van der Waals surface area contributed by atoms with E-state index >= 15 is 0 Å². The van der Waals surface area contributed by atoms with Gasteiger partial charge in [-0.25, -0.2) is 4.98 Å². The summed E-state index contributed by atoms with van der Waals surface area (Å²) in [6, 6.07) is 11.7. The fraction of sp³-hybridized carbons (Fsp3) is 0.381. The molecule has 0 radical (unpaired) electrons. The second-order valence-corrected chi connectivity index (χ2v) is 6.49. The second-order valence-electron chi connectivity index (χ2n) is 6.49. The van der Waals surface area contributed by atoms with Crippen molar-refractivity contribution in [3.63, 3.8) is 0 Å². The van der Waals surface area contributed by atoms with Gasteiger partial charge in [-0.3, -0.25) is 4.39 Å². The number of halogens is 1. The first kappa shape index (κ1) is 21.8. The molecule has 1 heterocycles. The van der Waals surface area contributed by atoms with Gasteiger partial charge in [-0.05, 0) is 29.3 Å². The van der Waals surface area contributed by atoms with Crippen molar-refractivity contribution in [2.45, 2.75) is 0 Å². The predicted octanol–water partition coefficient (Wildman–Crippen LogP) is 2.63. The Morgan fingerprint density at radius 3 is 2.29 bits per heavy atom. The maximum Gasteiger partial charge on any atom is 0.213 e. The Balaban J connectivity index is 1.75.